The number of aromatic amines is 1. The smallest absolute Gasteiger partial charge is 0.406 e. The molecule has 0 atom stereocenters. The Labute approximate surface area is 99.4 Å². The molecule has 0 bridgehead atoms. The number of aromatic nitrogens is 2. The summed E-state index contributed by atoms with van der Waals surface area (Å²) in [4.78, 5) is 28.5. The Morgan fingerprint density at radius 2 is 2.11 bits per heavy atom. The van der Waals surface area contributed by atoms with Crippen LogP contribution in [0.3, 0.4) is 0 Å². The van der Waals surface area contributed by atoms with Gasteiger partial charge in [0.05, 0.1) is 6.33 Å². The molecule has 0 saturated heterocycles. The van der Waals surface area contributed by atoms with Crippen LogP contribution in [-0.4, -0.2) is 51.1 Å². The van der Waals surface area contributed by atoms with Gasteiger partial charge in [-0.15, -0.1) is 0 Å². The van der Waals surface area contributed by atoms with Gasteiger partial charge in [0.1, 0.15) is 6.54 Å². The summed E-state index contributed by atoms with van der Waals surface area (Å²) in [7, 11) is 0. The number of hydrogen-bond acceptors (Lipinski definition) is 3. The van der Waals surface area contributed by atoms with E-state index in [1.54, 1.807) is 0 Å². The minimum atomic E-state index is -4.55. The maximum absolute atomic E-state index is 12.2. The zero-order valence-corrected chi connectivity index (χ0v) is 9.28. The third kappa shape index (κ3) is 3.22. The predicted molar refractivity (Wildman–Crippen MR) is 53.2 cm³/mol. The number of carbonyl (C=O) groups excluding carboxylic acids is 1. The Morgan fingerprint density at radius 1 is 1.50 bits per heavy atom. The summed E-state index contributed by atoms with van der Waals surface area (Å²) in [6.07, 6.45) is -3.61. The third-order valence-corrected chi connectivity index (χ3v) is 2.09. The molecule has 0 spiro atoms. The molecule has 1 amide bonds. The number of halogens is 3. The lowest BCUT2D eigenvalue weighted by Crippen LogP contribution is -2.39. The van der Waals surface area contributed by atoms with Crippen LogP contribution >= 0.6 is 0 Å². The van der Waals surface area contributed by atoms with Gasteiger partial charge in [0.2, 0.25) is 0 Å². The summed E-state index contributed by atoms with van der Waals surface area (Å²) in [5, 5.41) is 8.73. The van der Waals surface area contributed by atoms with Crippen molar-refractivity contribution in [1.82, 2.24) is 14.9 Å². The summed E-state index contributed by atoms with van der Waals surface area (Å²) in [5.74, 6) is -2.53. The van der Waals surface area contributed by atoms with Crippen LogP contribution in [0.4, 0.5) is 13.2 Å². The van der Waals surface area contributed by atoms with Crippen LogP contribution in [0, 0.1) is 0 Å². The highest BCUT2D eigenvalue weighted by Gasteiger charge is 2.34. The average molecular weight is 265 g/mol. The summed E-state index contributed by atoms with van der Waals surface area (Å²) >= 11 is 0. The molecule has 0 aliphatic rings. The molecule has 0 aliphatic heterocycles. The molecule has 2 N–H and O–H groups in total. The highest BCUT2D eigenvalue weighted by molar-refractivity contribution is 6.02. The van der Waals surface area contributed by atoms with E-state index in [9.17, 15) is 22.8 Å². The molecule has 1 aromatic rings. The molecule has 0 saturated carbocycles. The zero-order valence-electron chi connectivity index (χ0n) is 9.28. The minimum Gasteiger partial charge on any atom is -0.477 e. The fourth-order valence-electron chi connectivity index (χ4n) is 1.31. The fraction of sp³-hybridized carbons (Fsp3) is 0.444. The van der Waals surface area contributed by atoms with E-state index in [0.717, 1.165) is 6.33 Å². The Hall–Kier alpha value is -2.06. The highest BCUT2D eigenvalue weighted by atomic mass is 19.4. The van der Waals surface area contributed by atoms with Gasteiger partial charge in [0.25, 0.3) is 5.91 Å². The number of carboxylic acid groups (broad SMARTS) is 1. The first-order chi connectivity index (χ1) is 8.26. The second-order valence-corrected chi connectivity index (χ2v) is 3.37. The molecular weight excluding hydrogens is 255 g/mol. The van der Waals surface area contributed by atoms with Gasteiger partial charge >= 0.3 is 12.1 Å². The van der Waals surface area contributed by atoms with Gasteiger partial charge in [-0.05, 0) is 6.92 Å². The number of H-pyrrole nitrogens is 1. The number of carbonyl (C=O) groups is 2. The summed E-state index contributed by atoms with van der Waals surface area (Å²) in [6, 6.07) is 0. The minimum absolute atomic E-state index is 0.204. The number of hydrogen-bond donors (Lipinski definition) is 2. The summed E-state index contributed by atoms with van der Waals surface area (Å²) < 4.78 is 36.6. The number of nitrogens with zero attached hydrogens (tertiary/aromatic N) is 2. The monoisotopic (exact) mass is 265 g/mol. The molecule has 0 aliphatic carbocycles. The van der Waals surface area contributed by atoms with Crippen LogP contribution in [0.15, 0.2) is 6.33 Å². The van der Waals surface area contributed by atoms with Crippen LogP contribution in [-0.2, 0) is 0 Å². The predicted octanol–water partition coefficient (Wildman–Crippen LogP) is 1.13. The second-order valence-electron chi connectivity index (χ2n) is 3.37. The van der Waals surface area contributed by atoms with Crippen molar-refractivity contribution < 1.29 is 27.9 Å². The van der Waals surface area contributed by atoms with E-state index < -0.39 is 36.0 Å². The molecular formula is C9H10F3N3O3. The fourth-order valence-corrected chi connectivity index (χ4v) is 1.31. The largest absolute Gasteiger partial charge is 0.477 e. The third-order valence-electron chi connectivity index (χ3n) is 2.09. The van der Waals surface area contributed by atoms with Crippen molar-refractivity contribution in [2.75, 3.05) is 13.1 Å². The van der Waals surface area contributed by atoms with Gasteiger partial charge in [-0.2, -0.15) is 13.2 Å². The van der Waals surface area contributed by atoms with Crippen LogP contribution in [0.2, 0.25) is 0 Å². The summed E-state index contributed by atoms with van der Waals surface area (Å²) in [6.45, 7) is -0.296. The lowest BCUT2D eigenvalue weighted by atomic mass is 10.3. The maximum atomic E-state index is 12.2. The average Bonchev–Trinajstić information content (AvgIpc) is 2.72. The van der Waals surface area contributed by atoms with E-state index in [1.165, 1.54) is 6.92 Å². The van der Waals surface area contributed by atoms with E-state index in [-0.39, 0.29) is 6.54 Å². The highest BCUT2D eigenvalue weighted by Crippen LogP contribution is 2.18. The molecule has 0 radical (unpaired) electrons. The van der Waals surface area contributed by atoms with Gasteiger partial charge in [-0.1, -0.05) is 0 Å². The normalized spacial score (nSPS) is 11.3. The van der Waals surface area contributed by atoms with Crippen LogP contribution < -0.4 is 0 Å². The van der Waals surface area contributed by atoms with Crippen molar-refractivity contribution in [2.24, 2.45) is 0 Å². The SMILES string of the molecule is CCN(CC(F)(F)F)C(=O)c1nc[nH]c1C(=O)O. The first-order valence-electron chi connectivity index (χ1n) is 4.89. The van der Waals surface area contributed by atoms with Crippen LogP contribution in [0.1, 0.15) is 27.9 Å². The van der Waals surface area contributed by atoms with Crippen molar-refractivity contribution in [3.63, 3.8) is 0 Å². The molecule has 1 heterocycles. The van der Waals surface area contributed by atoms with Crippen molar-refractivity contribution >= 4 is 11.9 Å². The molecule has 0 unspecified atom stereocenters. The van der Waals surface area contributed by atoms with Gasteiger partial charge in [0.15, 0.2) is 11.4 Å². The molecule has 100 valence electrons. The first-order valence-corrected chi connectivity index (χ1v) is 4.89. The quantitative estimate of drug-likeness (QED) is 0.854. The van der Waals surface area contributed by atoms with Crippen LogP contribution in [0.5, 0.6) is 0 Å². The van der Waals surface area contributed by atoms with Gasteiger partial charge in [-0.3, -0.25) is 4.79 Å². The molecule has 6 nitrogen and oxygen atoms in total. The zero-order chi connectivity index (χ0) is 13.9. The number of carboxylic acids is 1. The van der Waals surface area contributed by atoms with Crippen LogP contribution in [0.25, 0.3) is 0 Å². The van der Waals surface area contributed by atoms with E-state index in [4.69, 9.17) is 5.11 Å². The molecule has 1 rings (SSSR count). The lowest BCUT2D eigenvalue weighted by molar-refractivity contribution is -0.140. The van der Waals surface area contributed by atoms with Gasteiger partial charge in [0, 0.05) is 6.54 Å². The second kappa shape index (κ2) is 5.07. The number of aromatic carboxylic acids is 1. The van der Waals surface area contributed by atoms with E-state index in [2.05, 4.69) is 9.97 Å². The Morgan fingerprint density at radius 3 is 2.56 bits per heavy atom. The number of amides is 1. The molecule has 1 aromatic heterocycles. The van der Waals surface area contributed by atoms with E-state index >= 15 is 0 Å². The molecule has 0 aromatic carbocycles. The Balaban J connectivity index is 2.97. The number of imidazole rings is 1. The molecule has 18 heavy (non-hydrogen) atoms. The lowest BCUT2D eigenvalue weighted by Gasteiger charge is -2.21. The number of nitrogens with one attached hydrogen (secondary N) is 1. The van der Waals surface area contributed by atoms with E-state index in [0.29, 0.717) is 4.90 Å². The first kappa shape index (κ1) is 14.0. The van der Waals surface area contributed by atoms with Crippen molar-refractivity contribution in [3.8, 4) is 0 Å². The van der Waals surface area contributed by atoms with Crippen molar-refractivity contribution in [1.29, 1.82) is 0 Å². The number of alkyl halides is 3. The topological polar surface area (TPSA) is 86.3 Å². The molecule has 0 fully saturated rings. The van der Waals surface area contributed by atoms with E-state index in [1.807, 2.05) is 0 Å². The molecule has 9 heteroatoms. The van der Waals surface area contributed by atoms with Crippen molar-refractivity contribution in [2.45, 2.75) is 13.1 Å². The number of rotatable bonds is 4. The summed E-state index contributed by atoms with van der Waals surface area (Å²) in [5.41, 5.74) is -1.06. The van der Waals surface area contributed by atoms with Gasteiger partial charge < -0.3 is 15.0 Å². The Kier molecular flexibility index (Phi) is 3.94. The maximum Gasteiger partial charge on any atom is 0.406 e. The standard InChI is InChI=1S/C9H10F3N3O3/c1-2-15(3-9(10,11)12)7(16)5-6(8(17)18)14-4-13-5/h4H,2-3H2,1H3,(H,13,14)(H,17,18). The Bertz CT molecular complexity index is 455. The van der Waals surface area contributed by atoms with Gasteiger partial charge in [-0.25, -0.2) is 9.78 Å². The van der Waals surface area contributed by atoms with Crippen molar-refractivity contribution in [3.05, 3.63) is 17.7 Å².